The molecule has 2 rings (SSSR count). The maximum Gasteiger partial charge on any atom is 0.271 e. The summed E-state index contributed by atoms with van der Waals surface area (Å²) in [5.74, 6) is -1.39. The SMILES string of the molecule is O=C(N/N=C/c1cc(Cl)cc(Cl)c1O)c1cc(O)cc(O)c1. The highest BCUT2D eigenvalue weighted by atomic mass is 35.5. The molecule has 2 aromatic carbocycles. The van der Waals surface area contributed by atoms with Crippen molar-refractivity contribution in [1.82, 2.24) is 5.43 Å². The van der Waals surface area contributed by atoms with Gasteiger partial charge in [0.05, 0.1) is 11.2 Å². The highest BCUT2D eigenvalue weighted by Gasteiger charge is 2.09. The number of amides is 1. The number of rotatable bonds is 3. The van der Waals surface area contributed by atoms with Crippen molar-refractivity contribution in [1.29, 1.82) is 0 Å². The Kier molecular flexibility index (Phi) is 4.75. The van der Waals surface area contributed by atoms with Gasteiger partial charge in [-0.05, 0) is 24.3 Å². The standard InChI is InChI=1S/C14H10Cl2N2O4/c15-9-1-8(13(21)12(16)4-9)6-17-18-14(22)7-2-10(19)5-11(20)3-7/h1-6,19-21H,(H,18,22)/b17-6+. The van der Waals surface area contributed by atoms with Gasteiger partial charge >= 0.3 is 0 Å². The van der Waals surface area contributed by atoms with E-state index in [2.05, 4.69) is 10.5 Å². The highest BCUT2D eigenvalue weighted by molar-refractivity contribution is 6.36. The summed E-state index contributed by atoms with van der Waals surface area (Å²) in [5.41, 5.74) is 2.41. The first-order valence-electron chi connectivity index (χ1n) is 5.91. The number of hydrogen-bond donors (Lipinski definition) is 4. The predicted molar refractivity (Wildman–Crippen MR) is 83.0 cm³/mol. The van der Waals surface area contributed by atoms with E-state index in [-0.39, 0.29) is 33.4 Å². The fraction of sp³-hybridized carbons (Fsp3) is 0. The van der Waals surface area contributed by atoms with Crippen LogP contribution in [0.1, 0.15) is 15.9 Å². The molecule has 8 heteroatoms. The van der Waals surface area contributed by atoms with Crippen LogP contribution in [0.25, 0.3) is 0 Å². The molecule has 2 aromatic rings. The minimum absolute atomic E-state index is 0.0167. The van der Waals surface area contributed by atoms with Crippen LogP contribution in [0.4, 0.5) is 0 Å². The van der Waals surface area contributed by atoms with Gasteiger partial charge in [0.1, 0.15) is 17.2 Å². The molecule has 0 spiro atoms. The van der Waals surface area contributed by atoms with Crippen molar-refractivity contribution in [2.45, 2.75) is 0 Å². The van der Waals surface area contributed by atoms with Gasteiger partial charge in [-0.2, -0.15) is 5.10 Å². The molecule has 0 aromatic heterocycles. The average Bonchev–Trinajstić information content (AvgIpc) is 2.42. The van der Waals surface area contributed by atoms with Crippen LogP contribution in [0.3, 0.4) is 0 Å². The van der Waals surface area contributed by atoms with Gasteiger partial charge in [0.15, 0.2) is 0 Å². The monoisotopic (exact) mass is 340 g/mol. The van der Waals surface area contributed by atoms with Crippen molar-refractivity contribution in [2.75, 3.05) is 0 Å². The van der Waals surface area contributed by atoms with Gasteiger partial charge < -0.3 is 15.3 Å². The highest BCUT2D eigenvalue weighted by Crippen LogP contribution is 2.29. The van der Waals surface area contributed by atoms with Gasteiger partial charge in [-0.15, -0.1) is 0 Å². The number of nitrogens with zero attached hydrogens (tertiary/aromatic N) is 1. The Balaban J connectivity index is 2.14. The van der Waals surface area contributed by atoms with Gasteiger partial charge in [-0.25, -0.2) is 5.43 Å². The summed E-state index contributed by atoms with van der Waals surface area (Å²) in [4.78, 5) is 11.8. The van der Waals surface area contributed by atoms with E-state index in [1.54, 1.807) is 0 Å². The molecule has 0 fully saturated rings. The quantitative estimate of drug-likeness (QED) is 0.509. The predicted octanol–water partition coefficient (Wildman–Crippen LogP) is 2.87. The van der Waals surface area contributed by atoms with Crippen molar-refractivity contribution in [3.63, 3.8) is 0 Å². The Morgan fingerprint density at radius 2 is 1.68 bits per heavy atom. The van der Waals surface area contributed by atoms with Gasteiger partial charge in [-0.3, -0.25) is 4.79 Å². The Bertz CT molecular complexity index is 742. The van der Waals surface area contributed by atoms with E-state index < -0.39 is 5.91 Å². The van der Waals surface area contributed by atoms with Crippen LogP contribution in [0.5, 0.6) is 17.2 Å². The van der Waals surface area contributed by atoms with E-state index in [1.165, 1.54) is 12.1 Å². The number of benzene rings is 2. The molecule has 0 radical (unpaired) electrons. The number of nitrogens with one attached hydrogen (secondary N) is 1. The van der Waals surface area contributed by atoms with Crippen molar-refractivity contribution in [3.8, 4) is 17.2 Å². The van der Waals surface area contributed by atoms with Crippen LogP contribution in [-0.4, -0.2) is 27.4 Å². The zero-order chi connectivity index (χ0) is 16.3. The largest absolute Gasteiger partial charge is 0.508 e. The zero-order valence-corrected chi connectivity index (χ0v) is 12.4. The third kappa shape index (κ3) is 3.81. The lowest BCUT2D eigenvalue weighted by Gasteiger charge is -2.04. The lowest BCUT2D eigenvalue weighted by Crippen LogP contribution is -2.17. The Morgan fingerprint density at radius 3 is 2.32 bits per heavy atom. The van der Waals surface area contributed by atoms with Gasteiger partial charge in [0.2, 0.25) is 0 Å². The molecule has 0 saturated carbocycles. The topological polar surface area (TPSA) is 102 Å². The van der Waals surface area contributed by atoms with Crippen LogP contribution in [-0.2, 0) is 0 Å². The van der Waals surface area contributed by atoms with Crippen molar-refractivity contribution in [3.05, 3.63) is 51.5 Å². The van der Waals surface area contributed by atoms with Crippen molar-refractivity contribution >= 4 is 35.3 Å². The van der Waals surface area contributed by atoms with Crippen molar-refractivity contribution < 1.29 is 20.1 Å². The number of aromatic hydroxyl groups is 3. The molecule has 22 heavy (non-hydrogen) atoms. The zero-order valence-electron chi connectivity index (χ0n) is 10.9. The first-order chi connectivity index (χ1) is 10.4. The number of phenolic OH excluding ortho intramolecular Hbond substituents is 3. The lowest BCUT2D eigenvalue weighted by atomic mass is 10.2. The van der Waals surface area contributed by atoms with E-state index in [9.17, 15) is 20.1 Å². The molecular formula is C14H10Cl2N2O4. The summed E-state index contributed by atoms with van der Waals surface area (Å²) in [5, 5.41) is 32.3. The summed E-state index contributed by atoms with van der Waals surface area (Å²) in [6, 6.07) is 6.20. The Hall–Kier alpha value is -2.44. The second-order valence-corrected chi connectivity index (χ2v) is 5.11. The summed E-state index contributed by atoms with van der Waals surface area (Å²) in [7, 11) is 0. The maximum absolute atomic E-state index is 11.8. The van der Waals surface area contributed by atoms with E-state index in [4.69, 9.17) is 23.2 Å². The molecular weight excluding hydrogens is 331 g/mol. The number of carbonyl (C=O) groups is 1. The van der Waals surface area contributed by atoms with Gasteiger partial charge in [0, 0.05) is 22.2 Å². The number of hydrazone groups is 1. The molecule has 6 nitrogen and oxygen atoms in total. The first kappa shape index (κ1) is 15.9. The van der Waals surface area contributed by atoms with Gasteiger partial charge in [-0.1, -0.05) is 23.2 Å². The normalized spacial score (nSPS) is 10.8. The maximum atomic E-state index is 11.8. The van der Waals surface area contributed by atoms with E-state index in [0.29, 0.717) is 5.02 Å². The molecule has 0 unspecified atom stereocenters. The van der Waals surface area contributed by atoms with Gasteiger partial charge in [0.25, 0.3) is 5.91 Å². The molecule has 0 aliphatic rings. The van der Waals surface area contributed by atoms with Crippen LogP contribution < -0.4 is 5.43 Å². The molecule has 114 valence electrons. The minimum Gasteiger partial charge on any atom is -0.508 e. The molecule has 1 amide bonds. The summed E-state index contributed by atoms with van der Waals surface area (Å²) >= 11 is 11.5. The second-order valence-electron chi connectivity index (χ2n) is 4.26. The molecule has 0 saturated heterocycles. The number of phenols is 3. The molecule has 0 heterocycles. The minimum atomic E-state index is -0.657. The van der Waals surface area contributed by atoms with Crippen LogP contribution in [0.15, 0.2) is 35.4 Å². The lowest BCUT2D eigenvalue weighted by molar-refractivity contribution is 0.0954. The van der Waals surface area contributed by atoms with Crippen LogP contribution in [0.2, 0.25) is 10.0 Å². The molecule has 0 aliphatic carbocycles. The fourth-order valence-electron chi connectivity index (χ4n) is 1.64. The van der Waals surface area contributed by atoms with E-state index in [1.807, 2.05) is 0 Å². The second kappa shape index (κ2) is 6.55. The molecule has 0 bridgehead atoms. The third-order valence-corrected chi connectivity index (χ3v) is 3.10. The summed E-state index contributed by atoms with van der Waals surface area (Å²) in [6.07, 6.45) is 1.16. The van der Waals surface area contributed by atoms with E-state index in [0.717, 1.165) is 24.4 Å². The van der Waals surface area contributed by atoms with Crippen molar-refractivity contribution in [2.24, 2.45) is 5.10 Å². The first-order valence-corrected chi connectivity index (χ1v) is 6.67. The van der Waals surface area contributed by atoms with Crippen LogP contribution >= 0.6 is 23.2 Å². The summed E-state index contributed by atoms with van der Waals surface area (Å²) in [6.45, 7) is 0. The number of hydrogen-bond acceptors (Lipinski definition) is 5. The van der Waals surface area contributed by atoms with Crippen LogP contribution in [0, 0.1) is 0 Å². The molecule has 0 aliphatic heterocycles. The fourth-order valence-corrected chi connectivity index (χ4v) is 2.14. The molecule has 0 atom stereocenters. The van der Waals surface area contributed by atoms with E-state index >= 15 is 0 Å². The number of carbonyl (C=O) groups excluding carboxylic acids is 1. The molecule has 4 N–H and O–H groups in total. The number of halogens is 2. The Morgan fingerprint density at radius 1 is 1.05 bits per heavy atom. The summed E-state index contributed by atoms with van der Waals surface area (Å²) < 4.78 is 0. The Labute approximate surface area is 135 Å². The third-order valence-electron chi connectivity index (χ3n) is 2.59. The smallest absolute Gasteiger partial charge is 0.271 e. The average molecular weight is 341 g/mol.